The van der Waals surface area contributed by atoms with Crippen molar-refractivity contribution >= 4 is 0 Å². The first-order valence-electron chi connectivity index (χ1n) is 4.97. The smallest absolute Gasteiger partial charge is 0.136 e. The van der Waals surface area contributed by atoms with Gasteiger partial charge < -0.3 is 5.11 Å². The second kappa shape index (κ2) is 4.59. The van der Waals surface area contributed by atoms with Gasteiger partial charge in [0.2, 0.25) is 0 Å². The number of aliphatic hydroxyl groups excluding tert-OH is 1. The average Bonchev–Trinajstić information content (AvgIpc) is 2.33. The molecule has 0 fully saturated rings. The summed E-state index contributed by atoms with van der Waals surface area (Å²) in [6, 6.07) is 7.04. The van der Waals surface area contributed by atoms with Crippen LogP contribution in [0, 0.1) is 17.5 Å². The van der Waals surface area contributed by atoms with Crippen LogP contribution in [-0.2, 0) is 6.61 Å². The molecule has 1 N–H and O–H groups in total. The zero-order valence-corrected chi connectivity index (χ0v) is 8.75. The quantitative estimate of drug-likeness (QED) is 0.851. The summed E-state index contributed by atoms with van der Waals surface area (Å²) in [6.07, 6.45) is 0. The van der Waals surface area contributed by atoms with Crippen molar-refractivity contribution in [3.05, 3.63) is 59.4 Å². The first-order chi connectivity index (χ1) is 8.13. The van der Waals surface area contributed by atoms with Crippen LogP contribution in [-0.4, -0.2) is 5.11 Å². The van der Waals surface area contributed by atoms with Crippen LogP contribution in [0.4, 0.5) is 13.2 Å². The Kier molecular flexibility index (Phi) is 3.15. The van der Waals surface area contributed by atoms with Crippen molar-refractivity contribution in [2.24, 2.45) is 0 Å². The maximum atomic E-state index is 13.8. The lowest BCUT2D eigenvalue weighted by Gasteiger charge is -2.08. The van der Waals surface area contributed by atoms with Crippen LogP contribution in [0.3, 0.4) is 0 Å². The summed E-state index contributed by atoms with van der Waals surface area (Å²) in [4.78, 5) is 0. The lowest BCUT2D eigenvalue weighted by molar-refractivity contribution is 0.276. The fraction of sp³-hybridized carbons (Fsp3) is 0.0769. The summed E-state index contributed by atoms with van der Waals surface area (Å²) in [5.74, 6) is -2.09. The van der Waals surface area contributed by atoms with Gasteiger partial charge in [-0.15, -0.1) is 0 Å². The maximum Gasteiger partial charge on any atom is 0.136 e. The first kappa shape index (κ1) is 11.7. The highest BCUT2D eigenvalue weighted by atomic mass is 19.1. The Morgan fingerprint density at radius 1 is 0.941 bits per heavy atom. The number of rotatable bonds is 2. The highest BCUT2D eigenvalue weighted by Crippen LogP contribution is 2.28. The molecule has 0 atom stereocenters. The van der Waals surface area contributed by atoms with E-state index < -0.39 is 24.1 Å². The lowest BCUT2D eigenvalue weighted by atomic mass is 10.0. The van der Waals surface area contributed by atoms with Gasteiger partial charge in [-0.2, -0.15) is 0 Å². The molecule has 0 aliphatic carbocycles. The van der Waals surface area contributed by atoms with Crippen LogP contribution < -0.4 is 0 Å². The fourth-order valence-corrected chi connectivity index (χ4v) is 1.61. The van der Waals surface area contributed by atoms with E-state index in [1.54, 1.807) is 0 Å². The van der Waals surface area contributed by atoms with E-state index in [1.807, 2.05) is 0 Å². The zero-order chi connectivity index (χ0) is 12.4. The molecule has 1 nitrogen and oxygen atoms in total. The Morgan fingerprint density at radius 2 is 1.71 bits per heavy atom. The first-order valence-corrected chi connectivity index (χ1v) is 4.97. The van der Waals surface area contributed by atoms with Crippen LogP contribution in [0.2, 0.25) is 0 Å². The molecular formula is C13H9F3O. The molecule has 0 saturated heterocycles. The standard InChI is InChI=1S/C13H9F3O/c14-9-4-5-12(15)11(6-9)10-3-1-2-8(7-17)13(10)16/h1-6,17H,7H2. The normalized spacial score (nSPS) is 10.6. The minimum atomic E-state index is -0.737. The largest absolute Gasteiger partial charge is 0.392 e. The van der Waals surface area contributed by atoms with Gasteiger partial charge in [0.1, 0.15) is 17.5 Å². The van der Waals surface area contributed by atoms with Gasteiger partial charge in [-0.25, -0.2) is 13.2 Å². The molecule has 2 rings (SSSR count). The monoisotopic (exact) mass is 238 g/mol. The molecule has 0 spiro atoms. The van der Waals surface area contributed by atoms with Crippen LogP contribution in [0.1, 0.15) is 5.56 Å². The van der Waals surface area contributed by atoms with Gasteiger partial charge in [0.15, 0.2) is 0 Å². The van der Waals surface area contributed by atoms with Gasteiger partial charge in [-0.3, -0.25) is 0 Å². The van der Waals surface area contributed by atoms with Crippen molar-refractivity contribution in [3.8, 4) is 11.1 Å². The second-order valence-electron chi connectivity index (χ2n) is 3.56. The highest BCUT2D eigenvalue weighted by Gasteiger charge is 2.13. The Morgan fingerprint density at radius 3 is 2.41 bits per heavy atom. The molecule has 4 heteroatoms. The van der Waals surface area contributed by atoms with Gasteiger partial charge in [0.25, 0.3) is 0 Å². The molecule has 0 aliphatic heterocycles. The summed E-state index contributed by atoms with van der Waals surface area (Å²) in [6.45, 7) is -0.489. The van der Waals surface area contributed by atoms with Gasteiger partial charge in [0.05, 0.1) is 6.61 Å². The zero-order valence-electron chi connectivity index (χ0n) is 8.75. The molecule has 0 amide bonds. The van der Waals surface area contributed by atoms with E-state index in [0.29, 0.717) is 0 Å². The predicted octanol–water partition coefficient (Wildman–Crippen LogP) is 3.26. The van der Waals surface area contributed by atoms with Crippen molar-refractivity contribution in [2.75, 3.05) is 0 Å². The molecule has 88 valence electrons. The van der Waals surface area contributed by atoms with Gasteiger partial charge in [-0.1, -0.05) is 18.2 Å². The third-order valence-electron chi connectivity index (χ3n) is 2.47. The topological polar surface area (TPSA) is 20.2 Å². The third kappa shape index (κ3) is 2.17. The minimum absolute atomic E-state index is 0.0474. The molecule has 0 heterocycles. The summed E-state index contributed by atoms with van der Waals surface area (Å²) in [5, 5.41) is 8.91. The van der Waals surface area contributed by atoms with E-state index in [9.17, 15) is 13.2 Å². The van der Waals surface area contributed by atoms with E-state index in [4.69, 9.17) is 5.11 Å². The summed E-state index contributed by atoms with van der Waals surface area (Å²) in [7, 11) is 0. The Balaban J connectivity index is 2.64. The van der Waals surface area contributed by atoms with E-state index >= 15 is 0 Å². The SMILES string of the molecule is OCc1cccc(-c2cc(F)ccc2F)c1F. The molecule has 0 radical (unpaired) electrons. The number of hydrogen-bond donors (Lipinski definition) is 1. The van der Waals surface area contributed by atoms with Crippen molar-refractivity contribution in [1.29, 1.82) is 0 Å². The summed E-state index contributed by atoms with van der Waals surface area (Å²) >= 11 is 0. The van der Waals surface area contributed by atoms with Crippen molar-refractivity contribution in [3.63, 3.8) is 0 Å². The molecule has 2 aromatic rings. The number of halogens is 3. The van der Waals surface area contributed by atoms with Gasteiger partial charge in [-0.05, 0) is 18.2 Å². The minimum Gasteiger partial charge on any atom is -0.392 e. The van der Waals surface area contributed by atoms with E-state index in [2.05, 4.69) is 0 Å². The maximum absolute atomic E-state index is 13.8. The third-order valence-corrected chi connectivity index (χ3v) is 2.47. The van der Waals surface area contributed by atoms with E-state index in [-0.39, 0.29) is 16.7 Å². The van der Waals surface area contributed by atoms with Crippen LogP contribution in [0.15, 0.2) is 36.4 Å². The molecule has 0 unspecified atom stereocenters. The van der Waals surface area contributed by atoms with E-state index in [0.717, 1.165) is 18.2 Å². The van der Waals surface area contributed by atoms with E-state index in [1.165, 1.54) is 18.2 Å². The van der Waals surface area contributed by atoms with Crippen LogP contribution in [0.25, 0.3) is 11.1 Å². The Hall–Kier alpha value is -1.81. The Labute approximate surface area is 96.1 Å². The molecule has 0 aromatic heterocycles. The Bertz CT molecular complexity index is 552. The fourth-order valence-electron chi connectivity index (χ4n) is 1.61. The summed E-state index contributed by atoms with van der Waals surface area (Å²) in [5.41, 5.74) is -0.169. The lowest BCUT2D eigenvalue weighted by Crippen LogP contribution is -1.95. The molecular weight excluding hydrogens is 229 g/mol. The number of aliphatic hydroxyl groups is 1. The molecule has 0 saturated carbocycles. The molecule has 2 aromatic carbocycles. The molecule has 17 heavy (non-hydrogen) atoms. The average molecular weight is 238 g/mol. The van der Waals surface area contributed by atoms with Crippen molar-refractivity contribution in [1.82, 2.24) is 0 Å². The van der Waals surface area contributed by atoms with Crippen molar-refractivity contribution < 1.29 is 18.3 Å². The van der Waals surface area contributed by atoms with Gasteiger partial charge in [0, 0.05) is 16.7 Å². The number of hydrogen-bond acceptors (Lipinski definition) is 1. The second-order valence-corrected chi connectivity index (χ2v) is 3.56. The van der Waals surface area contributed by atoms with Crippen LogP contribution >= 0.6 is 0 Å². The molecule has 0 aliphatic rings. The number of benzene rings is 2. The highest BCUT2D eigenvalue weighted by molar-refractivity contribution is 5.65. The van der Waals surface area contributed by atoms with Gasteiger partial charge >= 0.3 is 0 Å². The van der Waals surface area contributed by atoms with Crippen LogP contribution in [0.5, 0.6) is 0 Å². The predicted molar refractivity (Wildman–Crippen MR) is 57.7 cm³/mol. The summed E-state index contributed by atoms with van der Waals surface area (Å²) < 4.78 is 40.3. The molecule has 0 bridgehead atoms. The van der Waals surface area contributed by atoms with Crippen molar-refractivity contribution in [2.45, 2.75) is 6.61 Å².